The van der Waals surface area contributed by atoms with Crippen molar-refractivity contribution in [3.05, 3.63) is 40.6 Å². The van der Waals surface area contributed by atoms with Gasteiger partial charge in [-0.1, -0.05) is 12.5 Å². The molecular formula is C19H22N2O6S2. The molecular weight excluding hydrogens is 416 g/mol. The molecule has 1 N–H and O–H groups in total. The van der Waals surface area contributed by atoms with Crippen LogP contribution < -0.4 is 10.1 Å². The van der Waals surface area contributed by atoms with Gasteiger partial charge >= 0.3 is 5.97 Å². The van der Waals surface area contributed by atoms with Crippen LogP contribution >= 0.6 is 11.3 Å². The number of nitrogens with one attached hydrogen (secondary N) is 1. The highest BCUT2D eigenvalue weighted by atomic mass is 32.2. The van der Waals surface area contributed by atoms with E-state index in [0.29, 0.717) is 18.0 Å². The number of sulfonamides is 1. The van der Waals surface area contributed by atoms with E-state index in [9.17, 15) is 18.0 Å². The summed E-state index contributed by atoms with van der Waals surface area (Å²) >= 11 is 1.22. The normalized spacial score (nSPS) is 14.9. The smallest absolute Gasteiger partial charge is 0.348 e. The molecule has 2 heterocycles. The topological polar surface area (TPSA) is 102 Å². The minimum Gasteiger partial charge on any atom is -0.495 e. The molecule has 0 radical (unpaired) electrons. The van der Waals surface area contributed by atoms with Gasteiger partial charge in [0.15, 0.2) is 6.61 Å². The fourth-order valence-electron chi connectivity index (χ4n) is 2.99. The van der Waals surface area contributed by atoms with Crippen molar-refractivity contribution in [1.29, 1.82) is 0 Å². The van der Waals surface area contributed by atoms with Crippen LogP contribution in [0.15, 0.2) is 40.6 Å². The molecule has 0 spiro atoms. The average Bonchev–Trinajstić information content (AvgIpc) is 3.27. The number of hydrogen-bond donors (Lipinski definition) is 1. The second-order valence-electron chi connectivity index (χ2n) is 6.43. The summed E-state index contributed by atoms with van der Waals surface area (Å²) in [4.78, 5) is 24.3. The van der Waals surface area contributed by atoms with Crippen LogP contribution in [0.3, 0.4) is 0 Å². The highest BCUT2D eigenvalue weighted by molar-refractivity contribution is 7.89. The molecule has 1 fully saturated rings. The average molecular weight is 439 g/mol. The van der Waals surface area contributed by atoms with Gasteiger partial charge in [0.05, 0.1) is 7.11 Å². The van der Waals surface area contributed by atoms with Crippen molar-refractivity contribution in [2.45, 2.75) is 24.2 Å². The Morgan fingerprint density at radius 2 is 1.93 bits per heavy atom. The maximum atomic E-state index is 13.0. The van der Waals surface area contributed by atoms with Gasteiger partial charge in [0.2, 0.25) is 10.0 Å². The van der Waals surface area contributed by atoms with Crippen molar-refractivity contribution in [3.8, 4) is 5.75 Å². The van der Waals surface area contributed by atoms with Gasteiger partial charge in [-0.15, -0.1) is 11.3 Å². The Morgan fingerprint density at radius 1 is 1.17 bits per heavy atom. The number of nitrogens with zero attached hydrogens (tertiary/aromatic N) is 1. The highest BCUT2D eigenvalue weighted by Crippen LogP contribution is 2.31. The van der Waals surface area contributed by atoms with E-state index >= 15 is 0 Å². The summed E-state index contributed by atoms with van der Waals surface area (Å²) < 4.78 is 37.6. The second kappa shape index (κ2) is 9.38. The largest absolute Gasteiger partial charge is 0.495 e. The number of carbonyl (C=O) groups is 2. The van der Waals surface area contributed by atoms with Crippen molar-refractivity contribution in [3.63, 3.8) is 0 Å². The zero-order valence-electron chi connectivity index (χ0n) is 15.9. The third-order valence-corrected chi connectivity index (χ3v) is 7.21. The number of methoxy groups -OCH3 is 1. The number of carbonyl (C=O) groups excluding carboxylic acids is 2. The number of ether oxygens (including phenoxy) is 2. The number of rotatable bonds is 7. The van der Waals surface area contributed by atoms with Gasteiger partial charge in [0.1, 0.15) is 15.5 Å². The number of esters is 1. The van der Waals surface area contributed by atoms with Crippen LogP contribution in [-0.4, -0.2) is 51.4 Å². The molecule has 3 rings (SSSR count). The van der Waals surface area contributed by atoms with Crippen LogP contribution in [0.25, 0.3) is 0 Å². The molecule has 1 aromatic heterocycles. The fraction of sp³-hybridized carbons (Fsp3) is 0.368. The maximum Gasteiger partial charge on any atom is 0.348 e. The monoisotopic (exact) mass is 438 g/mol. The molecule has 0 aliphatic carbocycles. The SMILES string of the molecule is COc1ccc(NC(=O)COC(=O)c2cccs2)cc1S(=O)(=O)N1CCCCC1. The van der Waals surface area contributed by atoms with Crippen LogP contribution in [0.5, 0.6) is 5.75 Å². The van der Waals surface area contributed by atoms with Crippen molar-refractivity contribution in [1.82, 2.24) is 4.31 Å². The number of amides is 1. The first-order valence-electron chi connectivity index (χ1n) is 9.10. The molecule has 1 aliphatic heterocycles. The standard InChI is InChI=1S/C19H22N2O6S2/c1-26-15-8-7-14(12-17(15)29(24,25)21-9-3-2-4-10-21)20-18(22)13-27-19(23)16-6-5-11-28-16/h5-8,11-12H,2-4,9-10,13H2,1H3,(H,20,22). The lowest BCUT2D eigenvalue weighted by atomic mass is 10.2. The summed E-state index contributed by atoms with van der Waals surface area (Å²) in [7, 11) is -2.35. The lowest BCUT2D eigenvalue weighted by Gasteiger charge is -2.26. The summed E-state index contributed by atoms with van der Waals surface area (Å²) in [6.07, 6.45) is 2.63. The van der Waals surface area contributed by atoms with Gasteiger partial charge in [0, 0.05) is 18.8 Å². The number of benzene rings is 1. The van der Waals surface area contributed by atoms with Gasteiger partial charge in [0.25, 0.3) is 5.91 Å². The summed E-state index contributed by atoms with van der Waals surface area (Å²) in [6, 6.07) is 7.70. The molecule has 29 heavy (non-hydrogen) atoms. The van der Waals surface area contributed by atoms with Gasteiger partial charge in [-0.05, 0) is 42.5 Å². The molecule has 1 saturated heterocycles. The number of anilines is 1. The molecule has 1 aliphatic rings. The fourth-order valence-corrected chi connectivity index (χ4v) is 5.31. The first-order chi connectivity index (χ1) is 13.9. The third-order valence-electron chi connectivity index (χ3n) is 4.44. The Bertz CT molecular complexity index is 967. The van der Waals surface area contributed by atoms with Gasteiger partial charge < -0.3 is 14.8 Å². The molecule has 156 valence electrons. The van der Waals surface area contributed by atoms with Gasteiger partial charge in [-0.25, -0.2) is 13.2 Å². The Morgan fingerprint density at radius 3 is 2.59 bits per heavy atom. The molecule has 0 atom stereocenters. The summed E-state index contributed by atoms with van der Waals surface area (Å²) in [5.74, 6) is -0.947. The molecule has 1 amide bonds. The van der Waals surface area contributed by atoms with Crippen molar-refractivity contribution in [2.75, 3.05) is 32.1 Å². The highest BCUT2D eigenvalue weighted by Gasteiger charge is 2.29. The summed E-state index contributed by atoms with van der Waals surface area (Å²) in [5, 5.41) is 4.29. The molecule has 0 unspecified atom stereocenters. The zero-order valence-corrected chi connectivity index (χ0v) is 17.6. The number of piperidine rings is 1. The van der Waals surface area contributed by atoms with Gasteiger partial charge in [-0.2, -0.15) is 4.31 Å². The molecule has 0 saturated carbocycles. The predicted molar refractivity (Wildman–Crippen MR) is 109 cm³/mol. The summed E-state index contributed by atoms with van der Waals surface area (Å²) in [6.45, 7) is 0.443. The van der Waals surface area contributed by atoms with Crippen LogP contribution in [0, 0.1) is 0 Å². The maximum absolute atomic E-state index is 13.0. The minimum atomic E-state index is -3.75. The van der Waals surface area contributed by atoms with E-state index in [4.69, 9.17) is 9.47 Å². The lowest BCUT2D eigenvalue weighted by molar-refractivity contribution is -0.119. The molecule has 10 heteroatoms. The number of hydrogen-bond acceptors (Lipinski definition) is 7. The third kappa shape index (κ3) is 5.14. The van der Waals surface area contributed by atoms with Crippen LogP contribution in [0.1, 0.15) is 28.9 Å². The number of thiophene rings is 1. The Hall–Kier alpha value is -2.43. The predicted octanol–water partition coefficient (Wildman–Crippen LogP) is 2.73. The van der Waals surface area contributed by atoms with Crippen LogP contribution in [0.2, 0.25) is 0 Å². The second-order valence-corrected chi connectivity index (χ2v) is 9.29. The van der Waals surface area contributed by atoms with Crippen LogP contribution in [-0.2, 0) is 19.6 Å². The van der Waals surface area contributed by atoms with E-state index in [-0.39, 0.29) is 16.3 Å². The Kier molecular flexibility index (Phi) is 6.88. The minimum absolute atomic E-state index is 0.00437. The van der Waals surface area contributed by atoms with Gasteiger partial charge in [-0.3, -0.25) is 4.79 Å². The van der Waals surface area contributed by atoms with E-state index in [1.807, 2.05) is 0 Å². The molecule has 8 nitrogen and oxygen atoms in total. The van der Waals surface area contributed by atoms with E-state index < -0.39 is 28.5 Å². The van der Waals surface area contributed by atoms with Crippen molar-refractivity contribution < 1.29 is 27.5 Å². The Labute approximate surface area is 173 Å². The van der Waals surface area contributed by atoms with E-state index in [2.05, 4.69) is 5.32 Å². The quantitative estimate of drug-likeness (QED) is 0.667. The van der Waals surface area contributed by atoms with E-state index in [0.717, 1.165) is 19.3 Å². The Balaban J connectivity index is 1.71. The van der Waals surface area contributed by atoms with Crippen molar-refractivity contribution >= 4 is 38.9 Å². The zero-order chi connectivity index (χ0) is 20.9. The van der Waals surface area contributed by atoms with Crippen LogP contribution in [0.4, 0.5) is 5.69 Å². The van der Waals surface area contributed by atoms with E-state index in [1.54, 1.807) is 17.5 Å². The van der Waals surface area contributed by atoms with Crippen molar-refractivity contribution in [2.24, 2.45) is 0 Å². The molecule has 0 bridgehead atoms. The first kappa shape index (κ1) is 21.3. The lowest BCUT2D eigenvalue weighted by Crippen LogP contribution is -2.35. The summed E-state index contributed by atoms with van der Waals surface area (Å²) in [5.41, 5.74) is 0.276. The van der Waals surface area contributed by atoms with E-state index in [1.165, 1.54) is 41.0 Å². The molecule has 2 aromatic rings. The molecule has 1 aromatic carbocycles. The first-order valence-corrected chi connectivity index (χ1v) is 11.4.